The quantitative estimate of drug-likeness (QED) is 0.664. The van der Waals surface area contributed by atoms with Crippen LogP contribution in [0.4, 0.5) is 4.39 Å². The molecule has 1 aromatic rings. The number of hydrogen-bond donors (Lipinski definition) is 0. The van der Waals surface area contributed by atoms with Crippen molar-refractivity contribution in [2.75, 3.05) is 0 Å². The second-order valence-electron chi connectivity index (χ2n) is 6.06. The highest BCUT2D eigenvalue weighted by Crippen LogP contribution is 2.34. The SMILES string of the molecule is CCC(C)CC1CCC(OCc2c(F)cccc2Cl)C1. The van der Waals surface area contributed by atoms with Crippen LogP contribution >= 0.6 is 11.6 Å². The Morgan fingerprint density at radius 1 is 1.40 bits per heavy atom. The van der Waals surface area contributed by atoms with Crippen LogP contribution in [0.15, 0.2) is 18.2 Å². The summed E-state index contributed by atoms with van der Waals surface area (Å²) in [6.07, 6.45) is 6.23. The highest BCUT2D eigenvalue weighted by Gasteiger charge is 2.26. The van der Waals surface area contributed by atoms with Crippen LogP contribution in [-0.2, 0) is 11.3 Å². The van der Waals surface area contributed by atoms with Crippen LogP contribution in [-0.4, -0.2) is 6.10 Å². The lowest BCUT2D eigenvalue weighted by Crippen LogP contribution is -2.10. The second kappa shape index (κ2) is 7.42. The van der Waals surface area contributed by atoms with Crippen LogP contribution in [0.2, 0.25) is 5.02 Å². The van der Waals surface area contributed by atoms with Crippen LogP contribution < -0.4 is 0 Å². The van der Waals surface area contributed by atoms with Gasteiger partial charge in [-0.15, -0.1) is 0 Å². The van der Waals surface area contributed by atoms with Gasteiger partial charge in [0.2, 0.25) is 0 Å². The standard InChI is InChI=1S/C17H24ClFO/c1-3-12(2)9-13-7-8-14(10-13)20-11-15-16(18)5-4-6-17(15)19/h4-6,12-14H,3,7-11H2,1-2H3. The number of benzene rings is 1. The van der Waals surface area contributed by atoms with Gasteiger partial charge in [-0.2, -0.15) is 0 Å². The van der Waals surface area contributed by atoms with Gasteiger partial charge < -0.3 is 4.74 Å². The van der Waals surface area contributed by atoms with Gasteiger partial charge in [0.25, 0.3) is 0 Å². The molecule has 0 spiro atoms. The average Bonchev–Trinajstić information content (AvgIpc) is 2.85. The molecule has 0 bridgehead atoms. The summed E-state index contributed by atoms with van der Waals surface area (Å²) in [7, 11) is 0. The summed E-state index contributed by atoms with van der Waals surface area (Å²) in [6.45, 7) is 4.84. The lowest BCUT2D eigenvalue weighted by atomic mass is 9.93. The van der Waals surface area contributed by atoms with Gasteiger partial charge in [0.1, 0.15) is 5.82 Å². The third-order valence-corrected chi connectivity index (χ3v) is 4.80. The van der Waals surface area contributed by atoms with Crippen molar-refractivity contribution in [3.8, 4) is 0 Å². The van der Waals surface area contributed by atoms with Crippen LogP contribution in [0.3, 0.4) is 0 Å². The molecule has 112 valence electrons. The number of hydrogen-bond acceptors (Lipinski definition) is 1. The van der Waals surface area contributed by atoms with Crippen molar-refractivity contribution >= 4 is 11.6 Å². The van der Waals surface area contributed by atoms with E-state index in [9.17, 15) is 4.39 Å². The molecule has 0 aliphatic heterocycles. The van der Waals surface area contributed by atoms with Crippen molar-refractivity contribution in [2.45, 2.75) is 58.7 Å². The fourth-order valence-electron chi connectivity index (χ4n) is 3.00. The fraction of sp³-hybridized carbons (Fsp3) is 0.647. The average molecular weight is 299 g/mol. The summed E-state index contributed by atoms with van der Waals surface area (Å²) in [5.41, 5.74) is 0.486. The molecule has 1 aliphatic rings. The topological polar surface area (TPSA) is 9.23 Å². The van der Waals surface area contributed by atoms with Gasteiger partial charge >= 0.3 is 0 Å². The smallest absolute Gasteiger partial charge is 0.130 e. The molecule has 3 heteroatoms. The van der Waals surface area contributed by atoms with Gasteiger partial charge in [0.15, 0.2) is 0 Å². The maximum absolute atomic E-state index is 13.7. The van der Waals surface area contributed by atoms with E-state index in [4.69, 9.17) is 16.3 Å². The van der Waals surface area contributed by atoms with E-state index in [0.717, 1.165) is 24.7 Å². The molecule has 3 unspecified atom stereocenters. The van der Waals surface area contributed by atoms with Crippen molar-refractivity contribution < 1.29 is 9.13 Å². The van der Waals surface area contributed by atoms with Gasteiger partial charge in [-0.05, 0) is 49.7 Å². The molecule has 0 N–H and O–H groups in total. The zero-order valence-corrected chi connectivity index (χ0v) is 13.1. The minimum absolute atomic E-state index is 0.264. The first-order chi connectivity index (χ1) is 9.60. The Bertz CT molecular complexity index is 415. The van der Waals surface area contributed by atoms with Crippen LogP contribution in [0, 0.1) is 17.7 Å². The van der Waals surface area contributed by atoms with Crippen molar-refractivity contribution in [2.24, 2.45) is 11.8 Å². The molecule has 1 aromatic carbocycles. The first kappa shape index (κ1) is 15.8. The minimum Gasteiger partial charge on any atom is -0.373 e. The molecule has 1 nitrogen and oxygen atoms in total. The highest BCUT2D eigenvalue weighted by molar-refractivity contribution is 6.31. The van der Waals surface area contributed by atoms with E-state index in [2.05, 4.69) is 13.8 Å². The van der Waals surface area contributed by atoms with Gasteiger partial charge in [-0.25, -0.2) is 4.39 Å². The highest BCUT2D eigenvalue weighted by atomic mass is 35.5. The molecule has 0 saturated heterocycles. The maximum atomic E-state index is 13.7. The Morgan fingerprint density at radius 2 is 2.20 bits per heavy atom. The predicted octanol–water partition coefficient (Wildman–Crippen LogP) is 5.60. The van der Waals surface area contributed by atoms with E-state index in [0.29, 0.717) is 10.6 Å². The number of ether oxygens (including phenoxy) is 1. The molecule has 1 fully saturated rings. The van der Waals surface area contributed by atoms with Gasteiger partial charge in [-0.3, -0.25) is 0 Å². The lowest BCUT2D eigenvalue weighted by Gasteiger charge is -2.16. The largest absolute Gasteiger partial charge is 0.373 e. The van der Waals surface area contributed by atoms with Crippen LogP contribution in [0.5, 0.6) is 0 Å². The summed E-state index contributed by atoms with van der Waals surface area (Å²) >= 11 is 6.01. The van der Waals surface area contributed by atoms with Gasteiger partial charge in [-0.1, -0.05) is 37.9 Å². The van der Waals surface area contributed by atoms with E-state index in [-0.39, 0.29) is 18.5 Å². The van der Waals surface area contributed by atoms with Crippen molar-refractivity contribution in [3.63, 3.8) is 0 Å². The first-order valence-corrected chi connectivity index (χ1v) is 8.02. The second-order valence-corrected chi connectivity index (χ2v) is 6.47. The Kier molecular flexibility index (Phi) is 5.86. The third-order valence-electron chi connectivity index (χ3n) is 4.45. The molecular formula is C17H24ClFO. The molecule has 1 aliphatic carbocycles. The minimum atomic E-state index is -0.272. The molecule has 2 rings (SSSR count). The summed E-state index contributed by atoms with van der Waals surface area (Å²) in [5.74, 6) is 1.29. The molecule has 0 heterocycles. The zero-order chi connectivity index (χ0) is 14.5. The molecule has 0 aromatic heterocycles. The van der Waals surface area contributed by atoms with Crippen molar-refractivity contribution in [1.29, 1.82) is 0 Å². The van der Waals surface area contributed by atoms with Crippen molar-refractivity contribution in [3.05, 3.63) is 34.6 Å². The zero-order valence-electron chi connectivity index (χ0n) is 12.4. The Balaban J connectivity index is 1.81. The predicted molar refractivity (Wildman–Crippen MR) is 81.4 cm³/mol. The van der Waals surface area contributed by atoms with E-state index in [1.807, 2.05) is 0 Å². The number of rotatable bonds is 6. The maximum Gasteiger partial charge on any atom is 0.130 e. The van der Waals surface area contributed by atoms with E-state index >= 15 is 0 Å². The number of halogens is 2. The molecule has 0 amide bonds. The van der Waals surface area contributed by atoms with E-state index < -0.39 is 0 Å². The Morgan fingerprint density at radius 3 is 2.90 bits per heavy atom. The summed E-state index contributed by atoms with van der Waals surface area (Å²) in [5, 5.41) is 0.458. The first-order valence-electron chi connectivity index (χ1n) is 7.64. The molecular weight excluding hydrogens is 275 g/mol. The molecule has 3 atom stereocenters. The molecule has 1 saturated carbocycles. The Labute approximate surface area is 126 Å². The van der Waals surface area contributed by atoms with E-state index in [1.165, 1.54) is 25.3 Å². The fourth-order valence-corrected chi connectivity index (χ4v) is 3.22. The normalized spacial score (nSPS) is 24.0. The van der Waals surface area contributed by atoms with Crippen LogP contribution in [0.1, 0.15) is 51.5 Å². The van der Waals surface area contributed by atoms with E-state index in [1.54, 1.807) is 12.1 Å². The van der Waals surface area contributed by atoms with Crippen LogP contribution in [0.25, 0.3) is 0 Å². The molecule has 0 radical (unpaired) electrons. The molecule has 20 heavy (non-hydrogen) atoms. The van der Waals surface area contributed by atoms with Gasteiger partial charge in [0.05, 0.1) is 12.7 Å². The summed E-state index contributed by atoms with van der Waals surface area (Å²) < 4.78 is 19.5. The lowest BCUT2D eigenvalue weighted by molar-refractivity contribution is 0.0408. The summed E-state index contributed by atoms with van der Waals surface area (Å²) in [6, 6.07) is 4.77. The summed E-state index contributed by atoms with van der Waals surface area (Å²) in [4.78, 5) is 0. The van der Waals surface area contributed by atoms with Gasteiger partial charge in [0, 0.05) is 10.6 Å². The van der Waals surface area contributed by atoms with Crippen molar-refractivity contribution in [1.82, 2.24) is 0 Å². The third kappa shape index (κ3) is 4.20. The Hall–Kier alpha value is -0.600. The monoisotopic (exact) mass is 298 g/mol.